The summed E-state index contributed by atoms with van der Waals surface area (Å²) in [4.78, 5) is 12.5. The Kier molecular flexibility index (Phi) is 5.43. The van der Waals surface area contributed by atoms with Gasteiger partial charge in [-0.2, -0.15) is 4.72 Å². The van der Waals surface area contributed by atoms with Crippen LogP contribution in [0, 0.1) is 0 Å². The van der Waals surface area contributed by atoms with Crippen molar-refractivity contribution in [1.82, 2.24) is 4.72 Å². The van der Waals surface area contributed by atoms with Crippen LogP contribution in [0.3, 0.4) is 0 Å². The highest BCUT2D eigenvalue weighted by atomic mass is 32.2. The topological polar surface area (TPSA) is 84.5 Å². The van der Waals surface area contributed by atoms with E-state index in [1.165, 1.54) is 26.2 Å². The Bertz CT molecular complexity index is 1060. The number of carbonyl (C=O) groups excluding carboxylic acids is 1. The molecule has 1 atom stereocenters. The molecule has 0 radical (unpaired) electrons. The Morgan fingerprint density at radius 3 is 2.30 bits per heavy atom. The molecule has 140 valence electrons. The molecular formula is C20H20N2O4S. The fourth-order valence-corrected chi connectivity index (χ4v) is 3.83. The van der Waals surface area contributed by atoms with Crippen LogP contribution in [0.15, 0.2) is 71.6 Å². The molecule has 7 heteroatoms. The van der Waals surface area contributed by atoms with Gasteiger partial charge in [0, 0.05) is 5.69 Å². The smallest absolute Gasteiger partial charge is 0.242 e. The molecule has 0 fully saturated rings. The van der Waals surface area contributed by atoms with Gasteiger partial charge >= 0.3 is 0 Å². The molecule has 0 aliphatic heterocycles. The number of sulfonamides is 1. The molecule has 3 rings (SSSR count). The summed E-state index contributed by atoms with van der Waals surface area (Å²) in [7, 11) is -2.32. The van der Waals surface area contributed by atoms with Gasteiger partial charge in [0.2, 0.25) is 15.9 Å². The van der Waals surface area contributed by atoms with Gasteiger partial charge in [0.05, 0.1) is 18.0 Å². The van der Waals surface area contributed by atoms with Gasteiger partial charge in [0.1, 0.15) is 5.75 Å². The first-order valence-electron chi connectivity index (χ1n) is 8.35. The molecule has 27 heavy (non-hydrogen) atoms. The van der Waals surface area contributed by atoms with E-state index in [4.69, 9.17) is 4.74 Å². The van der Waals surface area contributed by atoms with Gasteiger partial charge in [-0.3, -0.25) is 4.79 Å². The lowest BCUT2D eigenvalue weighted by atomic mass is 10.1. The lowest BCUT2D eigenvalue weighted by Crippen LogP contribution is -2.41. The minimum atomic E-state index is -3.82. The summed E-state index contributed by atoms with van der Waals surface area (Å²) in [6.07, 6.45) is 0. The summed E-state index contributed by atoms with van der Waals surface area (Å²) < 4.78 is 32.3. The maximum atomic E-state index is 12.4. The number of hydrogen-bond acceptors (Lipinski definition) is 4. The average molecular weight is 384 g/mol. The number of fused-ring (bicyclic) bond motifs is 1. The van der Waals surface area contributed by atoms with Crippen molar-refractivity contribution in [2.45, 2.75) is 17.9 Å². The van der Waals surface area contributed by atoms with Crippen molar-refractivity contribution in [2.24, 2.45) is 0 Å². The van der Waals surface area contributed by atoms with E-state index in [0.717, 1.165) is 10.8 Å². The van der Waals surface area contributed by atoms with E-state index >= 15 is 0 Å². The number of carbonyl (C=O) groups is 1. The predicted molar refractivity (Wildman–Crippen MR) is 105 cm³/mol. The van der Waals surface area contributed by atoms with E-state index in [2.05, 4.69) is 10.0 Å². The summed E-state index contributed by atoms with van der Waals surface area (Å²) in [6, 6.07) is 18.3. The van der Waals surface area contributed by atoms with Crippen molar-refractivity contribution in [3.63, 3.8) is 0 Å². The second-order valence-electron chi connectivity index (χ2n) is 6.07. The maximum absolute atomic E-state index is 12.4. The van der Waals surface area contributed by atoms with Crippen LogP contribution in [0.1, 0.15) is 6.92 Å². The SMILES string of the molecule is COc1ccc(S(=O)(=O)N[C@@H](C)C(=O)Nc2ccc3ccccc3c2)cc1. The molecule has 0 bridgehead atoms. The predicted octanol–water partition coefficient (Wildman–Crippen LogP) is 3.15. The van der Waals surface area contributed by atoms with E-state index in [9.17, 15) is 13.2 Å². The van der Waals surface area contributed by atoms with Gasteiger partial charge in [0.25, 0.3) is 0 Å². The zero-order chi connectivity index (χ0) is 19.4. The van der Waals surface area contributed by atoms with Crippen LogP contribution >= 0.6 is 0 Å². The first kappa shape index (κ1) is 18.9. The third-order valence-electron chi connectivity index (χ3n) is 4.11. The van der Waals surface area contributed by atoms with Gasteiger partial charge in [-0.1, -0.05) is 30.3 Å². The summed E-state index contributed by atoms with van der Waals surface area (Å²) in [6.45, 7) is 1.50. The number of rotatable bonds is 6. The highest BCUT2D eigenvalue weighted by Gasteiger charge is 2.22. The van der Waals surface area contributed by atoms with Crippen molar-refractivity contribution in [3.05, 3.63) is 66.7 Å². The van der Waals surface area contributed by atoms with E-state index in [0.29, 0.717) is 11.4 Å². The van der Waals surface area contributed by atoms with Crippen molar-refractivity contribution in [3.8, 4) is 5.75 Å². The van der Waals surface area contributed by atoms with E-state index in [1.54, 1.807) is 18.2 Å². The summed E-state index contributed by atoms with van der Waals surface area (Å²) in [5.74, 6) is 0.110. The van der Waals surface area contributed by atoms with E-state index < -0.39 is 22.0 Å². The normalized spacial score (nSPS) is 12.5. The fourth-order valence-electron chi connectivity index (χ4n) is 2.63. The lowest BCUT2D eigenvalue weighted by molar-refractivity contribution is -0.117. The average Bonchev–Trinajstić information content (AvgIpc) is 2.67. The Labute approximate surface area is 158 Å². The molecule has 0 aliphatic carbocycles. The third kappa shape index (κ3) is 4.45. The number of ether oxygens (including phenoxy) is 1. The van der Waals surface area contributed by atoms with Gasteiger partial charge in [-0.25, -0.2) is 8.42 Å². The fraction of sp³-hybridized carbons (Fsp3) is 0.150. The minimum Gasteiger partial charge on any atom is -0.497 e. The molecule has 0 saturated heterocycles. The molecule has 3 aromatic rings. The molecule has 3 aromatic carbocycles. The molecule has 0 saturated carbocycles. The molecule has 6 nitrogen and oxygen atoms in total. The number of amides is 1. The van der Waals surface area contributed by atoms with E-state index in [-0.39, 0.29) is 4.90 Å². The third-order valence-corrected chi connectivity index (χ3v) is 5.67. The molecule has 0 heterocycles. The molecule has 2 N–H and O–H groups in total. The molecular weight excluding hydrogens is 364 g/mol. The van der Waals surface area contributed by atoms with Crippen LogP contribution in [0.2, 0.25) is 0 Å². The zero-order valence-electron chi connectivity index (χ0n) is 15.0. The second kappa shape index (κ2) is 7.77. The number of benzene rings is 3. The largest absolute Gasteiger partial charge is 0.497 e. The van der Waals surface area contributed by atoms with Crippen molar-refractivity contribution >= 4 is 32.4 Å². The Morgan fingerprint density at radius 2 is 1.63 bits per heavy atom. The van der Waals surface area contributed by atoms with Crippen molar-refractivity contribution in [2.75, 3.05) is 12.4 Å². The minimum absolute atomic E-state index is 0.0636. The van der Waals surface area contributed by atoms with Crippen LogP contribution in [-0.2, 0) is 14.8 Å². The summed E-state index contributed by atoms with van der Waals surface area (Å²) >= 11 is 0. The first-order valence-corrected chi connectivity index (χ1v) is 9.83. The van der Waals surface area contributed by atoms with E-state index in [1.807, 2.05) is 36.4 Å². The summed E-state index contributed by atoms with van der Waals surface area (Å²) in [5, 5.41) is 4.79. The number of nitrogens with one attached hydrogen (secondary N) is 2. The van der Waals surface area contributed by atoms with Crippen LogP contribution in [0.5, 0.6) is 5.75 Å². The highest BCUT2D eigenvalue weighted by molar-refractivity contribution is 7.89. The van der Waals surface area contributed by atoms with Crippen LogP contribution in [0.4, 0.5) is 5.69 Å². The van der Waals surface area contributed by atoms with Gasteiger partial charge in [0.15, 0.2) is 0 Å². The Morgan fingerprint density at radius 1 is 0.963 bits per heavy atom. The first-order chi connectivity index (χ1) is 12.9. The number of anilines is 1. The lowest BCUT2D eigenvalue weighted by Gasteiger charge is -2.15. The summed E-state index contributed by atoms with van der Waals surface area (Å²) in [5.41, 5.74) is 0.606. The van der Waals surface area contributed by atoms with Crippen molar-refractivity contribution < 1.29 is 17.9 Å². The Balaban J connectivity index is 1.70. The molecule has 1 amide bonds. The highest BCUT2D eigenvalue weighted by Crippen LogP contribution is 2.19. The Hall–Kier alpha value is -2.90. The molecule has 0 aliphatic rings. The van der Waals surface area contributed by atoms with Gasteiger partial charge in [-0.05, 0) is 54.1 Å². The zero-order valence-corrected chi connectivity index (χ0v) is 15.8. The molecule has 0 aromatic heterocycles. The molecule has 0 spiro atoms. The monoisotopic (exact) mass is 384 g/mol. The standard InChI is InChI=1S/C20H20N2O4S/c1-14(22-27(24,25)19-11-9-18(26-2)10-12-19)20(23)21-17-8-7-15-5-3-4-6-16(15)13-17/h3-14,22H,1-2H3,(H,21,23)/t14-/m0/s1. The van der Waals surface area contributed by atoms with Gasteiger partial charge in [-0.15, -0.1) is 0 Å². The number of hydrogen-bond donors (Lipinski definition) is 2. The van der Waals surface area contributed by atoms with Gasteiger partial charge < -0.3 is 10.1 Å². The van der Waals surface area contributed by atoms with Crippen LogP contribution < -0.4 is 14.8 Å². The van der Waals surface area contributed by atoms with Crippen LogP contribution in [-0.4, -0.2) is 27.5 Å². The van der Waals surface area contributed by atoms with Crippen LogP contribution in [0.25, 0.3) is 10.8 Å². The second-order valence-corrected chi connectivity index (χ2v) is 7.78. The maximum Gasteiger partial charge on any atom is 0.242 e. The number of methoxy groups -OCH3 is 1. The molecule has 0 unspecified atom stereocenters. The van der Waals surface area contributed by atoms with Crippen molar-refractivity contribution in [1.29, 1.82) is 0 Å². The quantitative estimate of drug-likeness (QED) is 0.684.